The zero-order valence-corrected chi connectivity index (χ0v) is 20.4. The van der Waals surface area contributed by atoms with Crippen molar-refractivity contribution in [3.8, 4) is 5.75 Å². The largest absolute Gasteiger partial charge is 0.481 e. The van der Waals surface area contributed by atoms with E-state index in [1.54, 1.807) is 20.8 Å². The molecule has 0 bridgehead atoms. The molecule has 2 aromatic rings. The average molecular weight is 496 g/mol. The van der Waals surface area contributed by atoms with E-state index in [4.69, 9.17) is 37.4 Å². The lowest BCUT2D eigenvalue weighted by atomic mass is 10.1. The number of carbonyl (C=O) groups excluding carboxylic acids is 3. The normalized spacial score (nSPS) is 12.9. The van der Waals surface area contributed by atoms with Gasteiger partial charge < -0.3 is 19.5 Å². The van der Waals surface area contributed by atoms with E-state index >= 15 is 0 Å². The van der Waals surface area contributed by atoms with Crippen LogP contribution < -0.4 is 10.1 Å². The number of rotatable bonds is 9. The summed E-state index contributed by atoms with van der Waals surface area (Å²) in [4.78, 5) is 37.7. The third kappa shape index (κ3) is 9.72. The Morgan fingerprint density at radius 3 is 2.18 bits per heavy atom. The highest BCUT2D eigenvalue weighted by Crippen LogP contribution is 2.25. The van der Waals surface area contributed by atoms with Crippen molar-refractivity contribution in [3.63, 3.8) is 0 Å². The van der Waals surface area contributed by atoms with Crippen LogP contribution in [-0.4, -0.2) is 35.6 Å². The highest BCUT2D eigenvalue weighted by atomic mass is 35.5. The molecule has 0 saturated carbocycles. The lowest BCUT2D eigenvalue weighted by Gasteiger charge is -2.25. The third-order valence-electron chi connectivity index (χ3n) is 4.14. The molecule has 0 radical (unpaired) electrons. The number of esters is 2. The van der Waals surface area contributed by atoms with Gasteiger partial charge in [0.2, 0.25) is 0 Å². The summed E-state index contributed by atoms with van der Waals surface area (Å²) in [5.74, 6) is -1.76. The Hall–Kier alpha value is -2.77. The minimum atomic E-state index is -1.26. The van der Waals surface area contributed by atoms with Crippen LogP contribution in [0.4, 0.5) is 0 Å². The molecule has 1 unspecified atom stereocenters. The second-order valence-corrected chi connectivity index (χ2v) is 9.18. The molecular weight excluding hydrogens is 469 g/mol. The van der Waals surface area contributed by atoms with Crippen molar-refractivity contribution in [3.05, 3.63) is 64.1 Å². The van der Waals surface area contributed by atoms with Crippen LogP contribution in [0.5, 0.6) is 5.75 Å². The van der Waals surface area contributed by atoms with E-state index in [0.717, 1.165) is 5.56 Å². The molecule has 0 aliphatic carbocycles. The van der Waals surface area contributed by atoms with Gasteiger partial charge >= 0.3 is 11.9 Å². The first kappa shape index (κ1) is 26.5. The van der Waals surface area contributed by atoms with Crippen molar-refractivity contribution in [2.75, 3.05) is 0 Å². The Morgan fingerprint density at radius 1 is 1.00 bits per heavy atom. The van der Waals surface area contributed by atoms with Crippen LogP contribution in [0.2, 0.25) is 10.0 Å². The Labute approximate surface area is 203 Å². The Morgan fingerprint density at radius 2 is 1.61 bits per heavy atom. The summed E-state index contributed by atoms with van der Waals surface area (Å²) in [6, 6.07) is 12.4. The molecule has 178 valence electrons. The zero-order valence-electron chi connectivity index (χ0n) is 18.9. The lowest BCUT2D eigenvalue weighted by molar-refractivity contribution is -0.162. The third-order valence-corrected chi connectivity index (χ3v) is 4.58. The number of halogens is 2. The second-order valence-electron chi connectivity index (χ2n) is 8.31. The van der Waals surface area contributed by atoms with Gasteiger partial charge in [0.25, 0.3) is 5.91 Å². The van der Waals surface area contributed by atoms with Gasteiger partial charge in [0.05, 0.1) is 6.42 Å². The molecular formula is C24H27Cl2NO6. The predicted octanol–water partition coefficient (Wildman–Crippen LogP) is 4.72. The molecule has 1 N–H and O–H groups in total. The molecule has 2 atom stereocenters. The number of hydrogen-bond acceptors (Lipinski definition) is 6. The molecule has 1 amide bonds. The van der Waals surface area contributed by atoms with Crippen molar-refractivity contribution in [1.29, 1.82) is 0 Å². The first-order valence-corrected chi connectivity index (χ1v) is 11.0. The molecule has 9 heteroatoms. The zero-order chi connectivity index (χ0) is 24.6. The van der Waals surface area contributed by atoms with Crippen molar-refractivity contribution in [2.24, 2.45) is 0 Å². The van der Waals surface area contributed by atoms with Crippen LogP contribution in [-0.2, 0) is 30.5 Å². The van der Waals surface area contributed by atoms with E-state index in [1.807, 2.05) is 30.3 Å². The van der Waals surface area contributed by atoms with Gasteiger partial charge in [-0.3, -0.25) is 9.59 Å². The molecule has 0 aliphatic heterocycles. The van der Waals surface area contributed by atoms with Gasteiger partial charge in [-0.25, -0.2) is 4.79 Å². The number of hydrogen-bond donors (Lipinski definition) is 1. The van der Waals surface area contributed by atoms with Crippen molar-refractivity contribution in [1.82, 2.24) is 5.32 Å². The van der Waals surface area contributed by atoms with Gasteiger partial charge in [0.1, 0.15) is 24.0 Å². The number of benzene rings is 2. The van der Waals surface area contributed by atoms with Crippen LogP contribution in [0.25, 0.3) is 0 Å². The minimum Gasteiger partial charge on any atom is -0.481 e. The average Bonchev–Trinajstić information content (AvgIpc) is 2.70. The molecule has 0 aromatic heterocycles. The molecule has 33 heavy (non-hydrogen) atoms. The summed E-state index contributed by atoms with van der Waals surface area (Å²) in [6.45, 7) is 6.60. The molecule has 0 aliphatic rings. The second kappa shape index (κ2) is 11.9. The summed E-state index contributed by atoms with van der Waals surface area (Å²) in [6.07, 6.45) is -1.41. The Bertz CT molecular complexity index is 954. The van der Waals surface area contributed by atoms with Crippen LogP contribution in [0.1, 0.15) is 39.7 Å². The number of nitrogens with one attached hydrogen (secondary N) is 1. The van der Waals surface area contributed by atoms with Gasteiger partial charge in [-0.15, -0.1) is 0 Å². The lowest BCUT2D eigenvalue weighted by Crippen LogP contribution is -2.49. The van der Waals surface area contributed by atoms with Gasteiger partial charge in [-0.05, 0) is 51.5 Å². The molecule has 0 heterocycles. The van der Waals surface area contributed by atoms with Gasteiger partial charge in [-0.2, -0.15) is 0 Å². The predicted molar refractivity (Wildman–Crippen MR) is 125 cm³/mol. The molecule has 2 aromatic carbocycles. The van der Waals surface area contributed by atoms with Crippen LogP contribution in [0.3, 0.4) is 0 Å². The molecule has 2 rings (SSSR count). The standard InChI is InChI=1S/C24H27Cl2NO6/c1-15(32-19-11-17(25)10-18(26)12-19)22(29)27-20(23(30)33-24(2,3)4)13-21(28)31-14-16-8-6-5-7-9-16/h5-12,15,20H,13-14H2,1-4H3,(H,27,29)/t15?,20-/m0/s1. The Kier molecular flexibility index (Phi) is 9.56. The maximum Gasteiger partial charge on any atom is 0.329 e. The minimum absolute atomic E-state index is 0.0453. The summed E-state index contributed by atoms with van der Waals surface area (Å²) in [5, 5.41) is 3.20. The van der Waals surface area contributed by atoms with E-state index in [1.165, 1.54) is 25.1 Å². The first-order valence-electron chi connectivity index (χ1n) is 10.3. The fraction of sp³-hybridized carbons (Fsp3) is 0.375. The maximum absolute atomic E-state index is 12.7. The van der Waals surface area contributed by atoms with E-state index in [-0.39, 0.29) is 12.4 Å². The quantitative estimate of drug-likeness (QED) is 0.506. The summed E-state index contributed by atoms with van der Waals surface area (Å²) in [7, 11) is 0. The van der Waals surface area contributed by atoms with Gasteiger partial charge in [0.15, 0.2) is 6.10 Å². The van der Waals surface area contributed by atoms with Crippen LogP contribution in [0.15, 0.2) is 48.5 Å². The Balaban J connectivity index is 2.04. The van der Waals surface area contributed by atoms with Crippen molar-refractivity contribution < 1.29 is 28.6 Å². The van der Waals surface area contributed by atoms with E-state index < -0.39 is 42.0 Å². The first-order chi connectivity index (χ1) is 15.4. The SMILES string of the molecule is CC(Oc1cc(Cl)cc(Cl)c1)C(=O)N[C@@H](CC(=O)OCc1ccccc1)C(=O)OC(C)(C)C. The van der Waals surface area contributed by atoms with Gasteiger partial charge in [0, 0.05) is 10.0 Å². The van der Waals surface area contributed by atoms with E-state index in [0.29, 0.717) is 10.0 Å². The molecule has 0 saturated heterocycles. The number of carbonyl (C=O) groups is 3. The number of amides is 1. The summed E-state index contributed by atoms with van der Waals surface area (Å²) in [5.41, 5.74) is -0.0147. The summed E-state index contributed by atoms with van der Waals surface area (Å²) >= 11 is 11.9. The topological polar surface area (TPSA) is 90.9 Å². The highest BCUT2D eigenvalue weighted by Gasteiger charge is 2.31. The smallest absolute Gasteiger partial charge is 0.329 e. The van der Waals surface area contributed by atoms with E-state index in [2.05, 4.69) is 5.32 Å². The van der Waals surface area contributed by atoms with Crippen LogP contribution in [0, 0.1) is 0 Å². The molecule has 0 spiro atoms. The van der Waals surface area contributed by atoms with Crippen LogP contribution >= 0.6 is 23.2 Å². The van der Waals surface area contributed by atoms with Crippen molar-refractivity contribution >= 4 is 41.0 Å². The molecule has 7 nitrogen and oxygen atoms in total. The molecule has 0 fully saturated rings. The fourth-order valence-corrected chi connectivity index (χ4v) is 3.18. The highest BCUT2D eigenvalue weighted by molar-refractivity contribution is 6.34. The summed E-state index contributed by atoms with van der Waals surface area (Å²) < 4.78 is 16.2. The fourth-order valence-electron chi connectivity index (χ4n) is 2.67. The maximum atomic E-state index is 12.7. The van der Waals surface area contributed by atoms with E-state index in [9.17, 15) is 14.4 Å². The van der Waals surface area contributed by atoms with Crippen molar-refractivity contribution in [2.45, 2.75) is 58.5 Å². The van der Waals surface area contributed by atoms with Gasteiger partial charge in [-0.1, -0.05) is 53.5 Å². The monoisotopic (exact) mass is 495 g/mol. The number of ether oxygens (including phenoxy) is 3.